The summed E-state index contributed by atoms with van der Waals surface area (Å²) in [7, 11) is -4.23. The molecule has 0 spiro atoms. The maximum absolute atomic E-state index is 12.6. The Bertz CT molecular complexity index is 429. The Labute approximate surface area is 131 Å². The van der Waals surface area contributed by atoms with Crippen LogP contribution in [0.3, 0.4) is 0 Å². The summed E-state index contributed by atoms with van der Waals surface area (Å²) >= 11 is 0. The van der Waals surface area contributed by atoms with Gasteiger partial charge in [0.1, 0.15) is 0 Å². The molecule has 1 atom stereocenters. The SMILES string of the molecule is CC(C)(C)NP(=O)(NC(C)(C)CCC(F)(F)F)OCC(F)(F)F. The average molecular weight is 372 g/mol. The van der Waals surface area contributed by atoms with Gasteiger partial charge in [0.2, 0.25) is 0 Å². The molecule has 140 valence electrons. The van der Waals surface area contributed by atoms with Gasteiger partial charge in [-0.1, -0.05) is 0 Å². The molecule has 0 radical (unpaired) electrons. The van der Waals surface area contributed by atoms with Gasteiger partial charge in [-0.05, 0) is 41.0 Å². The maximum Gasteiger partial charge on any atom is 0.412 e. The average Bonchev–Trinajstić information content (AvgIpc) is 2.19. The molecule has 0 amide bonds. The zero-order valence-electron chi connectivity index (χ0n) is 13.7. The Morgan fingerprint density at radius 1 is 0.826 bits per heavy atom. The van der Waals surface area contributed by atoms with Crippen molar-refractivity contribution < 1.29 is 35.4 Å². The Hall–Kier alpha value is -0.310. The second kappa shape index (κ2) is 7.29. The lowest BCUT2D eigenvalue weighted by Gasteiger charge is -2.35. The second-order valence-electron chi connectivity index (χ2n) is 6.91. The highest BCUT2D eigenvalue weighted by molar-refractivity contribution is 7.54. The minimum atomic E-state index is -4.72. The lowest BCUT2D eigenvalue weighted by molar-refractivity contribution is -0.154. The van der Waals surface area contributed by atoms with E-state index in [1.54, 1.807) is 20.8 Å². The van der Waals surface area contributed by atoms with Crippen molar-refractivity contribution in [3.63, 3.8) is 0 Å². The van der Waals surface area contributed by atoms with Crippen LogP contribution in [0.4, 0.5) is 26.3 Å². The molecule has 11 heteroatoms. The second-order valence-corrected chi connectivity index (χ2v) is 8.72. The zero-order valence-corrected chi connectivity index (χ0v) is 14.5. The Morgan fingerprint density at radius 3 is 1.65 bits per heavy atom. The fourth-order valence-corrected chi connectivity index (χ4v) is 3.91. The summed E-state index contributed by atoms with van der Waals surface area (Å²) in [6.07, 6.45) is -10.8. The molecule has 0 saturated carbocycles. The lowest BCUT2D eigenvalue weighted by Crippen LogP contribution is -2.46. The third-order valence-electron chi connectivity index (χ3n) is 2.38. The van der Waals surface area contributed by atoms with Gasteiger partial charge in [-0.25, -0.2) is 10.2 Å². The molecule has 0 aliphatic carbocycles. The smallest absolute Gasteiger partial charge is 0.297 e. The van der Waals surface area contributed by atoms with Crippen LogP contribution in [-0.4, -0.2) is 30.0 Å². The van der Waals surface area contributed by atoms with Crippen molar-refractivity contribution in [3.8, 4) is 0 Å². The molecule has 0 aliphatic heterocycles. The van der Waals surface area contributed by atoms with Crippen molar-refractivity contribution >= 4 is 7.67 Å². The molecule has 0 saturated heterocycles. The van der Waals surface area contributed by atoms with E-state index in [1.807, 2.05) is 0 Å². The molecule has 0 aromatic rings. The van der Waals surface area contributed by atoms with Gasteiger partial charge in [0.05, 0.1) is 0 Å². The molecule has 1 unspecified atom stereocenters. The van der Waals surface area contributed by atoms with Crippen molar-refractivity contribution in [2.45, 2.75) is 70.9 Å². The lowest BCUT2D eigenvalue weighted by atomic mass is 10.0. The quantitative estimate of drug-likeness (QED) is 0.499. The van der Waals surface area contributed by atoms with E-state index in [4.69, 9.17) is 0 Å². The highest BCUT2D eigenvalue weighted by Crippen LogP contribution is 2.44. The summed E-state index contributed by atoms with van der Waals surface area (Å²) in [5.74, 6) is 0. The fourth-order valence-electron chi connectivity index (χ4n) is 1.61. The van der Waals surface area contributed by atoms with Crippen LogP contribution in [0.1, 0.15) is 47.5 Å². The number of rotatable bonds is 7. The fraction of sp³-hybridized carbons (Fsp3) is 1.00. The first-order valence-corrected chi connectivity index (χ1v) is 8.42. The van der Waals surface area contributed by atoms with Crippen molar-refractivity contribution in [3.05, 3.63) is 0 Å². The number of hydrogen-bond acceptors (Lipinski definition) is 2. The predicted octanol–water partition coefficient (Wildman–Crippen LogP) is 4.77. The van der Waals surface area contributed by atoms with Crippen LogP contribution in [0.15, 0.2) is 0 Å². The monoisotopic (exact) mass is 372 g/mol. The number of nitrogens with one attached hydrogen (secondary N) is 2. The van der Waals surface area contributed by atoms with Gasteiger partial charge in [-0.2, -0.15) is 26.3 Å². The van der Waals surface area contributed by atoms with Crippen LogP contribution in [0, 0.1) is 0 Å². The molecule has 0 aromatic heterocycles. The van der Waals surface area contributed by atoms with Crippen molar-refractivity contribution in [2.24, 2.45) is 0 Å². The van der Waals surface area contributed by atoms with Gasteiger partial charge in [0, 0.05) is 17.5 Å². The largest absolute Gasteiger partial charge is 0.412 e. The van der Waals surface area contributed by atoms with E-state index in [0.717, 1.165) is 0 Å². The molecule has 0 fully saturated rings. The minimum absolute atomic E-state index is 0.471. The van der Waals surface area contributed by atoms with Crippen molar-refractivity contribution in [1.29, 1.82) is 0 Å². The maximum atomic E-state index is 12.6. The molecular formula is C12H23F6N2O2P. The van der Waals surface area contributed by atoms with Crippen LogP contribution in [-0.2, 0) is 9.09 Å². The van der Waals surface area contributed by atoms with E-state index in [1.165, 1.54) is 13.8 Å². The zero-order chi connectivity index (χ0) is 18.7. The Kier molecular flexibility index (Phi) is 7.19. The molecule has 2 N–H and O–H groups in total. The molecule has 0 bridgehead atoms. The van der Waals surface area contributed by atoms with E-state index in [9.17, 15) is 30.9 Å². The summed E-state index contributed by atoms with van der Waals surface area (Å²) in [5, 5.41) is 4.69. The summed E-state index contributed by atoms with van der Waals surface area (Å²) in [6, 6.07) is 0. The molecule has 0 heterocycles. The molecule has 0 aliphatic rings. The van der Waals surface area contributed by atoms with Crippen LogP contribution >= 0.6 is 7.67 Å². The molecule has 23 heavy (non-hydrogen) atoms. The summed E-state index contributed by atoms with van der Waals surface area (Å²) < 4.78 is 90.9. The first kappa shape index (κ1) is 22.7. The minimum Gasteiger partial charge on any atom is -0.297 e. The Morgan fingerprint density at radius 2 is 1.30 bits per heavy atom. The van der Waals surface area contributed by atoms with Gasteiger partial charge >= 0.3 is 20.0 Å². The summed E-state index contributed by atoms with van der Waals surface area (Å²) in [4.78, 5) is 0. The first-order valence-electron chi connectivity index (χ1n) is 6.80. The van der Waals surface area contributed by atoms with E-state index >= 15 is 0 Å². The normalized spacial score (nSPS) is 17.2. The third kappa shape index (κ3) is 12.7. The van der Waals surface area contributed by atoms with Gasteiger partial charge in [0.25, 0.3) is 0 Å². The standard InChI is InChI=1S/C12H23F6N2O2P/c1-9(2,3)19-23(21,22-8-12(16,17)18)20-10(4,5)6-7-11(13,14)15/h6-8H2,1-5H3,(H2,19,20,21). The molecule has 0 rings (SSSR count). The van der Waals surface area contributed by atoms with E-state index in [-0.39, 0.29) is 0 Å². The van der Waals surface area contributed by atoms with E-state index in [2.05, 4.69) is 14.7 Å². The van der Waals surface area contributed by atoms with Crippen LogP contribution in [0.2, 0.25) is 0 Å². The van der Waals surface area contributed by atoms with Crippen LogP contribution in [0.25, 0.3) is 0 Å². The summed E-state index contributed by atoms with van der Waals surface area (Å²) in [6.45, 7) is 5.47. The molecule has 0 aromatic carbocycles. The highest BCUT2D eigenvalue weighted by atomic mass is 31.2. The van der Waals surface area contributed by atoms with Gasteiger partial charge < -0.3 is 0 Å². The number of halogens is 6. The topological polar surface area (TPSA) is 50.4 Å². The highest BCUT2D eigenvalue weighted by Gasteiger charge is 2.40. The predicted molar refractivity (Wildman–Crippen MR) is 75.0 cm³/mol. The van der Waals surface area contributed by atoms with E-state index in [0.29, 0.717) is 0 Å². The number of alkyl halides is 6. The van der Waals surface area contributed by atoms with Gasteiger partial charge in [-0.15, -0.1) is 0 Å². The van der Waals surface area contributed by atoms with Crippen molar-refractivity contribution in [2.75, 3.05) is 6.61 Å². The summed E-state index contributed by atoms with van der Waals surface area (Å²) in [5.41, 5.74) is -2.23. The van der Waals surface area contributed by atoms with E-state index < -0.39 is 50.5 Å². The molecule has 4 nitrogen and oxygen atoms in total. The van der Waals surface area contributed by atoms with Crippen LogP contribution in [0.5, 0.6) is 0 Å². The Balaban J connectivity index is 5.10. The van der Waals surface area contributed by atoms with Crippen LogP contribution < -0.4 is 10.2 Å². The third-order valence-corrected chi connectivity index (χ3v) is 4.73. The first-order chi connectivity index (χ1) is 9.83. The van der Waals surface area contributed by atoms with Crippen molar-refractivity contribution in [1.82, 2.24) is 10.2 Å². The van der Waals surface area contributed by atoms with Gasteiger partial charge in [-0.3, -0.25) is 9.09 Å². The molecular weight excluding hydrogens is 349 g/mol. The number of hydrogen-bond donors (Lipinski definition) is 2. The van der Waals surface area contributed by atoms with Gasteiger partial charge in [0.15, 0.2) is 6.61 Å².